The molecular weight excluding hydrogens is 284 g/mol. The maximum absolute atomic E-state index is 9.05. The van der Waals surface area contributed by atoms with E-state index in [9.17, 15) is 0 Å². The van der Waals surface area contributed by atoms with Crippen molar-refractivity contribution in [2.24, 2.45) is 11.8 Å². The number of methoxy groups -OCH3 is 1. The largest absolute Gasteiger partial charge is 0.497 e. The third-order valence-electron chi connectivity index (χ3n) is 4.37. The van der Waals surface area contributed by atoms with Crippen molar-refractivity contribution in [3.63, 3.8) is 0 Å². The van der Waals surface area contributed by atoms with E-state index >= 15 is 0 Å². The fourth-order valence-corrected chi connectivity index (χ4v) is 2.99. The molecule has 0 aromatic heterocycles. The molecule has 0 amide bonds. The quantitative estimate of drug-likeness (QED) is 0.779. The Balaban J connectivity index is 1.70. The summed E-state index contributed by atoms with van der Waals surface area (Å²) in [5, 5.41) is 9.05. The van der Waals surface area contributed by atoms with Crippen LogP contribution in [0.2, 0.25) is 0 Å². The molecule has 0 bridgehead atoms. The van der Waals surface area contributed by atoms with Crippen molar-refractivity contribution >= 4 is 0 Å². The van der Waals surface area contributed by atoms with Crippen LogP contribution in [0.1, 0.15) is 17.5 Å². The van der Waals surface area contributed by atoms with E-state index in [1.165, 1.54) is 11.1 Å². The zero-order chi connectivity index (χ0) is 16.1. The van der Waals surface area contributed by atoms with E-state index in [0.29, 0.717) is 5.92 Å². The molecule has 2 aromatic rings. The van der Waals surface area contributed by atoms with Crippen LogP contribution in [0.25, 0.3) is 0 Å². The predicted molar refractivity (Wildman–Crippen MR) is 90.8 cm³/mol. The normalized spacial score (nSPS) is 19.3. The smallest absolute Gasteiger partial charge is 0.119 e. The summed E-state index contributed by atoms with van der Waals surface area (Å²) >= 11 is 0. The highest BCUT2D eigenvalue weighted by atomic mass is 16.5. The molecule has 0 N–H and O–H groups in total. The van der Waals surface area contributed by atoms with Gasteiger partial charge in [0, 0.05) is 19.6 Å². The molecule has 1 aliphatic rings. The number of benzene rings is 2. The van der Waals surface area contributed by atoms with E-state index in [1.54, 1.807) is 7.11 Å². The van der Waals surface area contributed by atoms with Gasteiger partial charge in [0.05, 0.1) is 19.1 Å². The second-order valence-corrected chi connectivity index (χ2v) is 6.24. The van der Waals surface area contributed by atoms with Crippen molar-refractivity contribution in [3.05, 3.63) is 65.7 Å². The van der Waals surface area contributed by atoms with Gasteiger partial charge in [0.25, 0.3) is 0 Å². The molecule has 0 aliphatic heterocycles. The van der Waals surface area contributed by atoms with Gasteiger partial charge in [-0.2, -0.15) is 5.26 Å². The molecule has 3 rings (SSSR count). The summed E-state index contributed by atoms with van der Waals surface area (Å²) in [6, 6.07) is 21.1. The van der Waals surface area contributed by atoms with E-state index in [1.807, 2.05) is 18.2 Å². The van der Waals surface area contributed by atoms with E-state index in [-0.39, 0.29) is 5.92 Å². The molecule has 1 aliphatic carbocycles. The zero-order valence-electron chi connectivity index (χ0n) is 13.5. The van der Waals surface area contributed by atoms with Crippen LogP contribution in [0.15, 0.2) is 54.6 Å². The molecule has 0 heterocycles. The minimum atomic E-state index is 0.249. The number of nitrogens with zero attached hydrogens (tertiary/aromatic N) is 2. The fraction of sp³-hybridized carbons (Fsp3) is 0.350. The van der Waals surface area contributed by atoms with Gasteiger partial charge in [0.1, 0.15) is 5.75 Å². The van der Waals surface area contributed by atoms with E-state index in [0.717, 1.165) is 31.8 Å². The van der Waals surface area contributed by atoms with Crippen LogP contribution in [0.5, 0.6) is 5.75 Å². The number of nitriles is 1. The first-order chi connectivity index (χ1) is 11.3. The van der Waals surface area contributed by atoms with Crippen molar-refractivity contribution in [1.29, 1.82) is 5.26 Å². The lowest BCUT2D eigenvalue weighted by atomic mass is 10.1. The van der Waals surface area contributed by atoms with Crippen molar-refractivity contribution in [2.75, 3.05) is 13.7 Å². The summed E-state index contributed by atoms with van der Waals surface area (Å²) in [5.41, 5.74) is 2.55. The number of hydrogen-bond donors (Lipinski definition) is 0. The third-order valence-corrected chi connectivity index (χ3v) is 4.37. The summed E-state index contributed by atoms with van der Waals surface area (Å²) in [7, 11) is 1.70. The van der Waals surface area contributed by atoms with E-state index in [4.69, 9.17) is 10.00 Å². The standard InChI is InChI=1S/C20H22N2O/c1-23-20-9-5-8-17(10-20)14-22(15-19-11-18(19)12-21)13-16-6-3-2-4-7-16/h2-10,18-19H,11,13-15H2,1H3/t18-,19-/m0/s1. The van der Waals surface area contributed by atoms with Gasteiger partial charge in [-0.05, 0) is 35.6 Å². The molecule has 0 radical (unpaired) electrons. The number of hydrogen-bond acceptors (Lipinski definition) is 3. The maximum atomic E-state index is 9.05. The fourth-order valence-electron chi connectivity index (χ4n) is 2.99. The monoisotopic (exact) mass is 306 g/mol. The van der Waals surface area contributed by atoms with Gasteiger partial charge in [-0.25, -0.2) is 0 Å². The summed E-state index contributed by atoms with van der Waals surface area (Å²) < 4.78 is 5.32. The first-order valence-corrected chi connectivity index (χ1v) is 8.07. The molecule has 3 heteroatoms. The summed E-state index contributed by atoms with van der Waals surface area (Å²) in [6.45, 7) is 2.76. The Morgan fingerprint density at radius 3 is 2.52 bits per heavy atom. The lowest BCUT2D eigenvalue weighted by molar-refractivity contribution is 0.243. The van der Waals surface area contributed by atoms with Crippen molar-refractivity contribution < 1.29 is 4.74 Å². The van der Waals surface area contributed by atoms with E-state index < -0.39 is 0 Å². The van der Waals surface area contributed by atoms with Gasteiger partial charge in [0.15, 0.2) is 0 Å². The van der Waals surface area contributed by atoms with Gasteiger partial charge in [-0.3, -0.25) is 4.90 Å². The Hall–Kier alpha value is -2.31. The highest BCUT2D eigenvalue weighted by Gasteiger charge is 2.38. The molecule has 0 spiro atoms. The maximum Gasteiger partial charge on any atom is 0.119 e. The lowest BCUT2D eigenvalue weighted by Gasteiger charge is -2.23. The molecule has 3 nitrogen and oxygen atoms in total. The van der Waals surface area contributed by atoms with Crippen LogP contribution in [-0.2, 0) is 13.1 Å². The minimum Gasteiger partial charge on any atom is -0.497 e. The Morgan fingerprint density at radius 1 is 1.09 bits per heavy atom. The third kappa shape index (κ3) is 4.34. The SMILES string of the molecule is COc1cccc(CN(Cc2ccccc2)C[C@@H]2C[C@H]2C#N)c1. The molecule has 1 saturated carbocycles. The summed E-state index contributed by atoms with van der Waals surface area (Å²) in [4.78, 5) is 2.44. The van der Waals surface area contributed by atoms with Gasteiger partial charge < -0.3 is 4.74 Å². The second kappa shape index (κ2) is 7.30. The van der Waals surface area contributed by atoms with Crippen LogP contribution in [-0.4, -0.2) is 18.6 Å². The van der Waals surface area contributed by atoms with Gasteiger partial charge in [-0.1, -0.05) is 42.5 Å². The average Bonchev–Trinajstić information content (AvgIpc) is 3.34. The van der Waals surface area contributed by atoms with Crippen molar-refractivity contribution in [1.82, 2.24) is 4.90 Å². The Kier molecular flexibility index (Phi) is 4.95. The summed E-state index contributed by atoms with van der Waals surface area (Å²) in [6.07, 6.45) is 1.04. The molecule has 23 heavy (non-hydrogen) atoms. The Bertz CT molecular complexity index is 678. The predicted octanol–water partition coefficient (Wildman–Crippen LogP) is 3.86. The first kappa shape index (κ1) is 15.6. The Labute approximate surface area is 138 Å². The topological polar surface area (TPSA) is 36.3 Å². The average molecular weight is 306 g/mol. The first-order valence-electron chi connectivity index (χ1n) is 8.07. The van der Waals surface area contributed by atoms with Gasteiger partial charge in [-0.15, -0.1) is 0 Å². The number of rotatable bonds is 7. The highest BCUT2D eigenvalue weighted by Crippen LogP contribution is 2.38. The molecule has 1 fully saturated rings. The van der Waals surface area contributed by atoms with Crippen LogP contribution in [0.3, 0.4) is 0 Å². The molecule has 0 saturated heterocycles. The molecule has 2 aromatic carbocycles. The lowest BCUT2D eigenvalue weighted by Crippen LogP contribution is -2.25. The number of ether oxygens (including phenoxy) is 1. The molecule has 0 unspecified atom stereocenters. The summed E-state index contributed by atoms with van der Waals surface area (Å²) in [5.74, 6) is 1.66. The van der Waals surface area contributed by atoms with Crippen LogP contribution in [0.4, 0.5) is 0 Å². The minimum absolute atomic E-state index is 0.249. The Morgan fingerprint density at radius 2 is 1.83 bits per heavy atom. The van der Waals surface area contributed by atoms with Gasteiger partial charge >= 0.3 is 0 Å². The molecule has 118 valence electrons. The van der Waals surface area contributed by atoms with Crippen LogP contribution < -0.4 is 4.74 Å². The molecular formula is C20H22N2O. The van der Waals surface area contributed by atoms with E-state index in [2.05, 4.69) is 47.4 Å². The van der Waals surface area contributed by atoms with Crippen molar-refractivity contribution in [2.45, 2.75) is 19.5 Å². The second-order valence-electron chi connectivity index (χ2n) is 6.24. The zero-order valence-corrected chi connectivity index (χ0v) is 13.5. The van der Waals surface area contributed by atoms with Crippen LogP contribution in [0, 0.1) is 23.2 Å². The van der Waals surface area contributed by atoms with Crippen LogP contribution >= 0.6 is 0 Å². The van der Waals surface area contributed by atoms with Gasteiger partial charge in [0.2, 0.25) is 0 Å². The molecule has 2 atom stereocenters. The van der Waals surface area contributed by atoms with Crippen molar-refractivity contribution in [3.8, 4) is 11.8 Å². The highest BCUT2D eigenvalue weighted by molar-refractivity contribution is 5.28.